The van der Waals surface area contributed by atoms with Crippen LogP contribution in [0.2, 0.25) is 0 Å². The predicted octanol–water partition coefficient (Wildman–Crippen LogP) is 2.91. The van der Waals surface area contributed by atoms with Gasteiger partial charge >= 0.3 is 0 Å². The van der Waals surface area contributed by atoms with Crippen LogP contribution in [0.4, 0.5) is 0 Å². The topological polar surface area (TPSA) is 45.0 Å². The van der Waals surface area contributed by atoms with Gasteiger partial charge in [0.15, 0.2) is 0 Å². The number of aryl methyl sites for hydroxylation is 1. The summed E-state index contributed by atoms with van der Waals surface area (Å²) in [4.78, 5) is 0. The Labute approximate surface area is 110 Å². The van der Waals surface area contributed by atoms with Gasteiger partial charge in [0, 0.05) is 6.04 Å². The monoisotopic (exact) mass is 246 g/mol. The van der Waals surface area contributed by atoms with E-state index in [-0.39, 0.29) is 0 Å². The van der Waals surface area contributed by atoms with E-state index in [2.05, 4.69) is 25.2 Å². The number of ether oxygens (including phenoxy) is 1. The van der Waals surface area contributed by atoms with Gasteiger partial charge in [0.05, 0.1) is 13.2 Å². The lowest BCUT2D eigenvalue weighted by molar-refractivity contribution is 0.382. The van der Waals surface area contributed by atoms with Gasteiger partial charge < -0.3 is 4.74 Å². The highest BCUT2D eigenvalue weighted by atomic mass is 16.5. The highest BCUT2D eigenvalue weighted by Crippen LogP contribution is 2.17. The van der Waals surface area contributed by atoms with Crippen molar-refractivity contribution in [3.63, 3.8) is 0 Å². The van der Waals surface area contributed by atoms with E-state index in [1.165, 1.54) is 5.56 Å². The largest absolute Gasteiger partial charge is 0.497 e. The van der Waals surface area contributed by atoms with Gasteiger partial charge in [0.1, 0.15) is 11.3 Å². The Morgan fingerprint density at radius 3 is 2.39 bits per heavy atom. The van der Waals surface area contributed by atoms with Gasteiger partial charge in [-0.3, -0.25) is 5.32 Å². The highest BCUT2D eigenvalue weighted by molar-refractivity contribution is 5.27. The van der Waals surface area contributed by atoms with E-state index in [9.17, 15) is 5.26 Å². The van der Waals surface area contributed by atoms with E-state index in [0.717, 1.165) is 18.6 Å². The van der Waals surface area contributed by atoms with Gasteiger partial charge in [0.2, 0.25) is 0 Å². The summed E-state index contributed by atoms with van der Waals surface area (Å²) >= 11 is 0. The van der Waals surface area contributed by atoms with Gasteiger partial charge in [-0.25, -0.2) is 0 Å². The summed E-state index contributed by atoms with van der Waals surface area (Å²) in [5, 5.41) is 12.6. The lowest BCUT2D eigenvalue weighted by Crippen LogP contribution is -2.45. The Bertz CT molecular complexity index is 405. The van der Waals surface area contributed by atoms with Crippen LogP contribution >= 0.6 is 0 Å². The number of benzene rings is 1. The van der Waals surface area contributed by atoms with Crippen molar-refractivity contribution < 1.29 is 4.74 Å². The average molecular weight is 246 g/mol. The van der Waals surface area contributed by atoms with Crippen LogP contribution in [-0.4, -0.2) is 18.7 Å². The fraction of sp³-hybridized carbons (Fsp3) is 0.533. The normalized spacial score (nSPS) is 14.0. The molecular formula is C15H22N2O. The molecule has 0 aromatic heterocycles. The van der Waals surface area contributed by atoms with Crippen LogP contribution in [0.15, 0.2) is 24.3 Å². The Morgan fingerprint density at radius 2 is 1.94 bits per heavy atom. The third-order valence-electron chi connectivity index (χ3n) is 2.93. The molecule has 1 rings (SSSR count). The van der Waals surface area contributed by atoms with Crippen LogP contribution in [0.25, 0.3) is 0 Å². The zero-order valence-electron chi connectivity index (χ0n) is 11.7. The van der Waals surface area contributed by atoms with Gasteiger partial charge in [-0.1, -0.05) is 12.1 Å². The average Bonchev–Trinajstić information content (AvgIpc) is 2.36. The smallest absolute Gasteiger partial charge is 0.118 e. The van der Waals surface area contributed by atoms with E-state index in [4.69, 9.17) is 4.74 Å². The fourth-order valence-corrected chi connectivity index (χ4v) is 1.98. The molecule has 3 heteroatoms. The zero-order valence-corrected chi connectivity index (χ0v) is 11.7. The van der Waals surface area contributed by atoms with Crippen molar-refractivity contribution in [2.75, 3.05) is 7.11 Å². The minimum atomic E-state index is -0.464. The molecule has 0 heterocycles. The predicted molar refractivity (Wildman–Crippen MR) is 73.6 cm³/mol. The van der Waals surface area contributed by atoms with Gasteiger partial charge in [-0.05, 0) is 51.3 Å². The first kappa shape index (κ1) is 14.5. The first-order valence-electron chi connectivity index (χ1n) is 6.31. The molecule has 18 heavy (non-hydrogen) atoms. The Kier molecular flexibility index (Phi) is 5.18. The third kappa shape index (κ3) is 4.38. The third-order valence-corrected chi connectivity index (χ3v) is 2.93. The molecule has 0 saturated carbocycles. The van der Waals surface area contributed by atoms with Gasteiger partial charge in [0.25, 0.3) is 0 Å². The second kappa shape index (κ2) is 6.42. The molecule has 1 atom stereocenters. The van der Waals surface area contributed by atoms with Crippen molar-refractivity contribution in [2.45, 2.75) is 45.2 Å². The molecule has 0 aliphatic rings. The number of hydrogen-bond donors (Lipinski definition) is 1. The Balaban J connectivity index is 2.59. The van der Waals surface area contributed by atoms with E-state index in [0.29, 0.717) is 6.04 Å². The number of nitrogens with one attached hydrogen (secondary N) is 1. The second-order valence-electron chi connectivity index (χ2n) is 5.09. The van der Waals surface area contributed by atoms with Crippen molar-refractivity contribution in [1.29, 1.82) is 5.26 Å². The summed E-state index contributed by atoms with van der Waals surface area (Å²) in [6, 6.07) is 10.7. The molecule has 0 bridgehead atoms. The summed E-state index contributed by atoms with van der Waals surface area (Å²) in [6.45, 7) is 6.07. The maximum atomic E-state index is 9.26. The van der Waals surface area contributed by atoms with Crippen molar-refractivity contribution in [2.24, 2.45) is 0 Å². The molecule has 0 aliphatic heterocycles. The molecule has 98 valence electrons. The molecule has 0 spiro atoms. The van der Waals surface area contributed by atoms with Crippen molar-refractivity contribution in [1.82, 2.24) is 5.32 Å². The number of methoxy groups -OCH3 is 1. The first-order valence-corrected chi connectivity index (χ1v) is 6.31. The molecule has 0 saturated heterocycles. The van der Waals surface area contributed by atoms with Crippen LogP contribution < -0.4 is 10.1 Å². The molecule has 1 aromatic carbocycles. The maximum Gasteiger partial charge on any atom is 0.118 e. The summed E-state index contributed by atoms with van der Waals surface area (Å²) in [5.41, 5.74) is 0.761. The van der Waals surface area contributed by atoms with Gasteiger partial charge in [-0.15, -0.1) is 0 Å². The number of hydrogen-bond acceptors (Lipinski definition) is 3. The standard InChI is InChI=1S/C15H22N2O/c1-12(2)17-15(3,11-16)10-9-13-5-7-14(18-4)8-6-13/h5-8,12,17H,9-10H2,1-4H3. The minimum Gasteiger partial charge on any atom is -0.497 e. The van der Waals surface area contributed by atoms with Crippen LogP contribution in [-0.2, 0) is 6.42 Å². The number of nitrogens with zero attached hydrogens (tertiary/aromatic N) is 1. The summed E-state index contributed by atoms with van der Waals surface area (Å²) in [7, 11) is 1.66. The molecule has 1 N–H and O–H groups in total. The Hall–Kier alpha value is -1.53. The van der Waals surface area contributed by atoms with Crippen LogP contribution in [0, 0.1) is 11.3 Å². The lowest BCUT2D eigenvalue weighted by atomic mass is 9.94. The summed E-state index contributed by atoms with van der Waals surface area (Å²) in [6.07, 6.45) is 1.68. The molecule has 3 nitrogen and oxygen atoms in total. The lowest BCUT2D eigenvalue weighted by Gasteiger charge is -2.25. The quantitative estimate of drug-likeness (QED) is 0.839. The van der Waals surface area contributed by atoms with Crippen molar-refractivity contribution >= 4 is 0 Å². The molecule has 0 aliphatic carbocycles. The van der Waals surface area contributed by atoms with E-state index >= 15 is 0 Å². The van der Waals surface area contributed by atoms with E-state index < -0.39 is 5.54 Å². The summed E-state index contributed by atoms with van der Waals surface area (Å²) < 4.78 is 5.12. The number of rotatable bonds is 6. The number of nitriles is 1. The van der Waals surface area contributed by atoms with E-state index in [1.807, 2.05) is 31.2 Å². The highest BCUT2D eigenvalue weighted by Gasteiger charge is 2.23. The zero-order chi connectivity index (χ0) is 13.6. The molecular weight excluding hydrogens is 224 g/mol. The molecule has 0 fully saturated rings. The molecule has 1 aromatic rings. The SMILES string of the molecule is COc1ccc(CCC(C)(C#N)NC(C)C)cc1. The van der Waals surface area contributed by atoms with Crippen LogP contribution in [0.3, 0.4) is 0 Å². The van der Waals surface area contributed by atoms with Crippen molar-refractivity contribution in [3.8, 4) is 11.8 Å². The first-order chi connectivity index (χ1) is 8.49. The fourth-order valence-electron chi connectivity index (χ4n) is 1.98. The second-order valence-corrected chi connectivity index (χ2v) is 5.09. The van der Waals surface area contributed by atoms with E-state index in [1.54, 1.807) is 7.11 Å². The van der Waals surface area contributed by atoms with Gasteiger partial charge in [-0.2, -0.15) is 5.26 Å². The summed E-state index contributed by atoms with van der Waals surface area (Å²) in [5.74, 6) is 0.863. The molecule has 1 unspecified atom stereocenters. The Morgan fingerprint density at radius 1 is 1.33 bits per heavy atom. The minimum absolute atomic E-state index is 0.311. The van der Waals surface area contributed by atoms with Crippen molar-refractivity contribution in [3.05, 3.63) is 29.8 Å². The molecule has 0 radical (unpaired) electrons. The van der Waals surface area contributed by atoms with Crippen LogP contribution in [0.1, 0.15) is 32.8 Å². The molecule has 0 amide bonds. The maximum absolute atomic E-state index is 9.26. The van der Waals surface area contributed by atoms with Crippen LogP contribution in [0.5, 0.6) is 5.75 Å².